The van der Waals surface area contributed by atoms with Gasteiger partial charge in [0.1, 0.15) is 35.7 Å². The average molecular weight is 416 g/mol. The van der Waals surface area contributed by atoms with Crippen molar-refractivity contribution in [3.05, 3.63) is 54.1 Å². The number of halogens is 1. The molecule has 0 aliphatic carbocycles. The van der Waals surface area contributed by atoms with Crippen LogP contribution in [0.5, 0.6) is 11.5 Å². The van der Waals surface area contributed by atoms with Gasteiger partial charge >= 0.3 is 0 Å². The van der Waals surface area contributed by atoms with Gasteiger partial charge < -0.3 is 19.9 Å². The number of hydrogen-bond donors (Lipinski definition) is 2. The van der Waals surface area contributed by atoms with Crippen molar-refractivity contribution in [2.45, 2.75) is 17.9 Å². The molecule has 0 aliphatic heterocycles. The number of hydrogen-bond acceptors (Lipinski definition) is 6. The van der Waals surface area contributed by atoms with Crippen LogP contribution in [0.3, 0.4) is 0 Å². The summed E-state index contributed by atoms with van der Waals surface area (Å²) in [5.74, 6) is 1.06. The molecule has 0 aliphatic rings. The van der Waals surface area contributed by atoms with E-state index in [0.29, 0.717) is 19.7 Å². The summed E-state index contributed by atoms with van der Waals surface area (Å²) < 4.78 is 34.7. The fraction of sp³-hybridized carbons (Fsp3) is 0.368. The molecule has 0 aromatic heterocycles. The quantitative estimate of drug-likeness (QED) is 0.579. The van der Waals surface area contributed by atoms with Gasteiger partial charge in [0.2, 0.25) is 0 Å². The molecular weight excluding hydrogens is 390 g/mol. The number of para-hydroxylation sites is 1. The number of ether oxygens (including phenoxy) is 2. The zero-order chi connectivity index (χ0) is 19.0. The van der Waals surface area contributed by atoms with E-state index >= 15 is 0 Å². The Balaban J connectivity index is 0.00000364. The molecular formula is C19H26ClNO5S. The number of nitrogens with one attached hydrogen (secondary N) is 1. The van der Waals surface area contributed by atoms with Crippen LogP contribution >= 0.6 is 12.4 Å². The highest BCUT2D eigenvalue weighted by atomic mass is 35.5. The normalized spacial score (nSPS) is 12.1. The predicted octanol–water partition coefficient (Wildman–Crippen LogP) is 2.23. The summed E-state index contributed by atoms with van der Waals surface area (Å²) in [5, 5.41) is 13.1. The smallest absolute Gasteiger partial charge is 0.179 e. The molecule has 0 saturated heterocycles. The third-order valence-electron chi connectivity index (χ3n) is 3.60. The first-order valence-electron chi connectivity index (χ1n) is 8.36. The molecule has 0 radical (unpaired) electrons. The molecule has 0 bridgehead atoms. The Kier molecular flexibility index (Phi) is 9.59. The van der Waals surface area contributed by atoms with Crippen molar-refractivity contribution >= 4 is 22.2 Å². The molecule has 1 atom stereocenters. The maximum absolute atomic E-state index is 11.8. The first-order valence-corrected chi connectivity index (χ1v) is 10.3. The van der Waals surface area contributed by atoms with Gasteiger partial charge in [0.25, 0.3) is 0 Å². The lowest BCUT2D eigenvalue weighted by molar-refractivity contribution is 0.104. The third kappa shape index (κ3) is 8.17. The summed E-state index contributed by atoms with van der Waals surface area (Å²) in [7, 11) is -3.39. The van der Waals surface area contributed by atoms with Gasteiger partial charge in [0, 0.05) is 19.3 Å². The average Bonchev–Trinajstić information content (AvgIpc) is 2.59. The highest BCUT2D eigenvalue weighted by Crippen LogP contribution is 2.25. The number of aryl methyl sites for hydroxylation is 1. The lowest BCUT2D eigenvalue weighted by Gasteiger charge is -2.15. The Morgan fingerprint density at radius 2 is 1.81 bits per heavy atom. The van der Waals surface area contributed by atoms with Crippen LogP contribution in [0.1, 0.15) is 5.56 Å². The van der Waals surface area contributed by atoms with Crippen LogP contribution in [0, 0.1) is 6.92 Å². The van der Waals surface area contributed by atoms with Gasteiger partial charge in [-0.15, -0.1) is 12.4 Å². The maximum Gasteiger partial charge on any atom is 0.179 e. The van der Waals surface area contributed by atoms with Gasteiger partial charge in [-0.05, 0) is 36.8 Å². The summed E-state index contributed by atoms with van der Waals surface area (Å²) in [6, 6.07) is 14.4. The molecule has 0 fully saturated rings. The zero-order valence-corrected chi connectivity index (χ0v) is 17.1. The van der Waals surface area contributed by atoms with Gasteiger partial charge in [0.05, 0.1) is 0 Å². The van der Waals surface area contributed by atoms with E-state index in [1.165, 1.54) is 6.07 Å². The minimum atomic E-state index is -3.39. The van der Waals surface area contributed by atoms with Gasteiger partial charge in [-0.2, -0.15) is 0 Å². The van der Waals surface area contributed by atoms with Crippen molar-refractivity contribution in [3.63, 3.8) is 0 Å². The lowest BCUT2D eigenvalue weighted by atomic mass is 10.2. The van der Waals surface area contributed by atoms with E-state index in [4.69, 9.17) is 9.47 Å². The van der Waals surface area contributed by atoms with E-state index in [-0.39, 0.29) is 29.7 Å². The molecule has 150 valence electrons. The third-order valence-corrected chi connectivity index (χ3v) is 4.74. The molecule has 0 heterocycles. The van der Waals surface area contributed by atoms with E-state index in [9.17, 15) is 13.5 Å². The van der Waals surface area contributed by atoms with Gasteiger partial charge in [0.15, 0.2) is 9.84 Å². The second-order valence-corrected chi connectivity index (χ2v) is 8.04. The Bertz CT molecular complexity index is 799. The maximum atomic E-state index is 11.8. The summed E-state index contributed by atoms with van der Waals surface area (Å²) in [4.78, 5) is 0.125. The number of rotatable bonds is 10. The molecule has 0 saturated carbocycles. The topological polar surface area (TPSA) is 84.9 Å². The zero-order valence-electron chi connectivity index (χ0n) is 15.4. The van der Waals surface area contributed by atoms with Gasteiger partial charge in [-0.1, -0.05) is 24.3 Å². The number of aliphatic hydroxyl groups excluding tert-OH is 1. The van der Waals surface area contributed by atoms with Crippen molar-refractivity contribution in [2.75, 3.05) is 32.6 Å². The Morgan fingerprint density at radius 3 is 2.48 bits per heavy atom. The molecule has 0 amide bonds. The van der Waals surface area contributed by atoms with Crippen LogP contribution in [0.15, 0.2) is 53.4 Å². The van der Waals surface area contributed by atoms with Crippen LogP contribution in [-0.4, -0.2) is 52.2 Å². The lowest BCUT2D eigenvalue weighted by Crippen LogP contribution is -2.33. The standard InChI is InChI=1S/C19H25NO5S.ClH/c1-15-8-9-19(26(2,22)23)18(12-15)25-14-16(21)13-20-10-11-24-17-6-4-3-5-7-17;/h3-9,12,16,20-21H,10-11,13-14H2,1-2H3;1H. The monoisotopic (exact) mass is 415 g/mol. The van der Waals surface area contributed by atoms with Crippen LogP contribution in [0.25, 0.3) is 0 Å². The molecule has 2 rings (SSSR count). The fourth-order valence-electron chi connectivity index (χ4n) is 2.31. The summed E-state index contributed by atoms with van der Waals surface area (Å²) in [6.07, 6.45) is 0.370. The number of sulfone groups is 1. The van der Waals surface area contributed by atoms with E-state index in [0.717, 1.165) is 17.6 Å². The van der Waals surface area contributed by atoms with Crippen LogP contribution < -0.4 is 14.8 Å². The molecule has 2 aromatic rings. The van der Waals surface area contributed by atoms with E-state index in [1.54, 1.807) is 12.1 Å². The fourth-order valence-corrected chi connectivity index (χ4v) is 3.10. The van der Waals surface area contributed by atoms with Gasteiger partial charge in [-0.3, -0.25) is 0 Å². The highest BCUT2D eigenvalue weighted by Gasteiger charge is 2.15. The van der Waals surface area contributed by atoms with E-state index < -0.39 is 15.9 Å². The van der Waals surface area contributed by atoms with Crippen molar-refractivity contribution in [2.24, 2.45) is 0 Å². The second kappa shape index (κ2) is 11.1. The molecule has 6 nitrogen and oxygen atoms in total. The largest absolute Gasteiger partial charge is 0.492 e. The Hall–Kier alpha value is -1.80. The number of aliphatic hydroxyl groups is 1. The van der Waals surface area contributed by atoms with E-state index in [2.05, 4.69) is 5.32 Å². The molecule has 2 N–H and O–H groups in total. The Labute approximate surface area is 166 Å². The molecule has 2 aromatic carbocycles. The predicted molar refractivity (Wildman–Crippen MR) is 108 cm³/mol. The SMILES string of the molecule is Cc1ccc(S(C)(=O)=O)c(OCC(O)CNCCOc2ccccc2)c1.Cl. The molecule has 1 unspecified atom stereocenters. The van der Waals surface area contributed by atoms with Crippen molar-refractivity contribution in [3.8, 4) is 11.5 Å². The minimum Gasteiger partial charge on any atom is -0.492 e. The second-order valence-electron chi connectivity index (χ2n) is 6.05. The minimum absolute atomic E-state index is 0. The molecule has 0 spiro atoms. The molecule has 8 heteroatoms. The Morgan fingerprint density at radius 1 is 1.11 bits per heavy atom. The van der Waals surface area contributed by atoms with Crippen molar-refractivity contribution in [1.82, 2.24) is 5.32 Å². The summed E-state index contributed by atoms with van der Waals surface area (Å²) in [6.45, 7) is 3.22. The summed E-state index contributed by atoms with van der Waals surface area (Å²) >= 11 is 0. The van der Waals surface area contributed by atoms with Crippen LogP contribution in [0.4, 0.5) is 0 Å². The van der Waals surface area contributed by atoms with Crippen molar-refractivity contribution < 1.29 is 23.0 Å². The van der Waals surface area contributed by atoms with E-state index in [1.807, 2.05) is 37.3 Å². The number of benzene rings is 2. The summed E-state index contributed by atoms with van der Waals surface area (Å²) in [5.41, 5.74) is 0.887. The molecule has 27 heavy (non-hydrogen) atoms. The van der Waals surface area contributed by atoms with Crippen LogP contribution in [0.2, 0.25) is 0 Å². The van der Waals surface area contributed by atoms with Crippen molar-refractivity contribution in [1.29, 1.82) is 0 Å². The van der Waals surface area contributed by atoms with Gasteiger partial charge in [-0.25, -0.2) is 8.42 Å². The van der Waals surface area contributed by atoms with Crippen LogP contribution in [-0.2, 0) is 9.84 Å². The first-order chi connectivity index (χ1) is 12.4. The highest BCUT2D eigenvalue weighted by molar-refractivity contribution is 7.90. The first kappa shape index (κ1) is 23.2.